The molecule has 1 N–H and O–H groups in total. The monoisotopic (exact) mass is 398 g/mol. The van der Waals surface area contributed by atoms with Gasteiger partial charge in [-0.15, -0.1) is 0 Å². The van der Waals surface area contributed by atoms with Gasteiger partial charge in [0.25, 0.3) is 5.91 Å². The summed E-state index contributed by atoms with van der Waals surface area (Å²) in [5.41, 5.74) is 2.40. The Labute approximate surface area is 173 Å². The number of anilines is 1. The molecule has 0 saturated carbocycles. The van der Waals surface area contributed by atoms with Gasteiger partial charge in [-0.05, 0) is 43.3 Å². The lowest BCUT2D eigenvalue weighted by atomic mass is 9.88. The van der Waals surface area contributed by atoms with E-state index in [9.17, 15) is 9.59 Å². The Morgan fingerprint density at radius 1 is 0.967 bits per heavy atom. The van der Waals surface area contributed by atoms with Crippen molar-refractivity contribution < 1.29 is 19.1 Å². The lowest BCUT2D eigenvalue weighted by Crippen LogP contribution is -2.32. The van der Waals surface area contributed by atoms with Crippen LogP contribution in [-0.2, 0) is 14.3 Å². The van der Waals surface area contributed by atoms with Crippen molar-refractivity contribution in [2.75, 3.05) is 5.32 Å². The van der Waals surface area contributed by atoms with Gasteiger partial charge in [-0.3, -0.25) is 9.59 Å². The standard InChI is InChI=1S/C24H18N2O4/c1-15(23(27)26-17-12-10-16(14-25)11-13-17)29-24(28)22-18-6-2-4-8-20(18)30-21-9-5-3-7-19(21)22/h2-13,15,22H,1H3,(H,26,27)/t15-/m1/s1. The van der Waals surface area contributed by atoms with Crippen molar-refractivity contribution in [1.82, 2.24) is 0 Å². The molecule has 0 aliphatic carbocycles. The minimum absolute atomic E-state index is 0.457. The summed E-state index contributed by atoms with van der Waals surface area (Å²) >= 11 is 0. The number of carbonyl (C=O) groups excluding carboxylic acids is 2. The van der Waals surface area contributed by atoms with Crippen molar-refractivity contribution in [3.8, 4) is 17.6 Å². The van der Waals surface area contributed by atoms with E-state index in [-0.39, 0.29) is 0 Å². The van der Waals surface area contributed by atoms with E-state index in [2.05, 4.69) is 5.32 Å². The molecule has 1 heterocycles. The molecule has 0 unspecified atom stereocenters. The summed E-state index contributed by atoms with van der Waals surface area (Å²) in [4.78, 5) is 25.6. The number of benzene rings is 3. The smallest absolute Gasteiger partial charge is 0.318 e. The fourth-order valence-electron chi connectivity index (χ4n) is 3.33. The van der Waals surface area contributed by atoms with E-state index in [1.165, 1.54) is 6.92 Å². The van der Waals surface area contributed by atoms with Crippen LogP contribution in [0.1, 0.15) is 29.5 Å². The van der Waals surface area contributed by atoms with E-state index >= 15 is 0 Å². The van der Waals surface area contributed by atoms with Gasteiger partial charge in [-0.25, -0.2) is 0 Å². The van der Waals surface area contributed by atoms with Crippen molar-refractivity contribution in [3.63, 3.8) is 0 Å². The molecular weight excluding hydrogens is 380 g/mol. The number of nitrogens with one attached hydrogen (secondary N) is 1. The second-order valence-electron chi connectivity index (χ2n) is 6.87. The van der Waals surface area contributed by atoms with Crippen molar-refractivity contribution in [2.45, 2.75) is 18.9 Å². The molecule has 1 aliphatic rings. The molecule has 0 fully saturated rings. The third-order valence-electron chi connectivity index (χ3n) is 4.86. The molecule has 0 saturated heterocycles. The Hall–Kier alpha value is -4.11. The summed E-state index contributed by atoms with van der Waals surface area (Å²) < 4.78 is 11.4. The molecule has 6 heteroatoms. The van der Waals surface area contributed by atoms with Gasteiger partial charge in [-0.2, -0.15) is 5.26 Å². The zero-order chi connectivity index (χ0) is 21.1. The van der Waals surface area contributed by atoms with Crippen molar-refractivity contribution in [1.29, 1.82) is 5.26 Å². The van der Waals surface area contributed by atoms with Gasteiger partial charge in [0.1, 0.15) is 17.4 Å². The van der Waals surface area contributed by atoms with Crippen LogP contribution in [0, 0.1) is 11.3 Å². The number of nitrogens with zero attached hydrogens (tertiary/aromatic N) is 1. The zero-order valence-corrected chi connectivity index (χ0v) is 16.2. The highest BCUT2D eigenvalue weighted by Gasteiger charge is 2.35. The van der Waals surface area contributed by atoms with Crippen LogP contribution < -0.4 is 10.1 Å². The van der Waals surface area contributed by atoms with E-state index in [1.54, 1.807) is 36.4 Å². The summed E-state index contributed by atoms with van der Waals surface area (Å²) in [6.45, 7) is 1.52. The number of ether oxygens (including phenoxy) is 2. The van der Waals surface area contributed by atoms with Crippen molar-refractivity contribution in [3.05, 3.63) is 89.5 Å². The van der Waals surface area contributed by atoms with Gasteiger partial charge >= 0.3 is 5.97 Å². The lowest BCUT2D eigenvalue weighted by Gasteiger charge is -2.27. The average Bonchev–Trinajstić information content (AvgIpc) is 2.77. The summed E-state index contributed by atoms with van der Waals surface area (Å²) in [5, 5.41) is 11.5. The SMILES string of the molecule is C[C@@H](OC(=O)C1c2ccccc2Oc2ccccc21)C(=O)Nc1ccc(C#N)cc1. The van der Waals surface area contributed by atoms with E-state index in [1.807, 2.05) is 42.5 Å². The average molecular weight is 398 g/mol. The predicted molar refractivity (Wildman–Crippen MR) is 110 cm³/mol. The van der Waals surface area contributed by atoms with Gasteiger partial charge in [0, 0.05) is 16.8 Å². The van der Waals surface area contributed by atoms with Crippen LogP contribution in [0.15, 0.2) is 72.8 Å². The van der Waals surface area contributed by atoms with Crippen LogP contribution in [0.4, 0.5) is 5.69 Å². The number of rotatable bonds is 4. The maximum atomic E-state index is 13.1. The normalized spacial score (nSPS) is 13.1. The first-order valence-corrected chi connectivity index (χ1v) is 9.44. The maximum absolute atomic E-state index is 13.1. The topological polar surface area (TPSA) is 88.4 Å². The molecule has 3 aromatic carbocycles. The van der Waals surface area contributed by atoms with Crippen LogP contribution >= 0.6 is 0 Å². The Bertz CT molecular complexity index is 1100. The molecule has 6 nitrogen and oxygen atoms in total. The Morgan fingerprint density at radius 2 is 1.53 bits per heavy atom. The highest BCUT2D eigenvalue weighted by Crippen LogP contribution is 2.44. The lowest BCUT2D eigenvalue weighted by molar-refractivity contribution is -0.153. The molecule has 0 bridgehead atoms. The number of nitriles is 1. The highest BCUT2D eigenvalue weighted by atomic mass is 16.5. The van der Waals surface area contributed by atoms with Gasteiger partial charge in [0.2, 0.25) is 0 Å². The number of para-hydroxylation sites is 2. The molecule has 0 radical (unpaired) electrons. The fraction of sp³-hybridized carbons (Fsp3) is 0.125. The summed E-state index contributed by atoms with van der Waals surface area (Å²) in [6.07, 6.45) is -1.00. The summed E-state index contributed by atoms with van der Waals surface area (Å²) in [7, 11) is 0. The Balaban J connectivity index is 1.52. The first kappa shape index (κ1) is 19.2. The highest BCUT2D eigenvalue weighted by molar-refractivity contribution is 5.96. The van der Waals surface area contributed by atoms with E-state index in [4.69, 9.17) is 14.7 Å². The van der Waals surface area contributed by atoms with Crippen LogP contribution in [0.3, 0.4) is 0 Å². The molecule has 148 valence electrons. The Kier molecular flexibility index (Phi) is 5.19. The number of carbonyl (C=O) groups is 2. The van der Waals surface area contributed by atoms with Crippen molar-refractivity contribution >= 4 is 17.6 Å². The molecule has 1 amide bonds. The summed E-state index contributed by atoms with van der Waals surface area (Å²) in [5.74, 6) is -0.487. The first-order valence-electron chi connectivity index (χ1n) is 9.44. The number of esters is 1. The molecule has 30 heavy (non-hydrogen) atoms. The van der Waals surface area contributed by atoms with Crippen LogP contribution in [0.25, 0.3) is 0 Å². The van der Waals surface area contributed by atoms with Gasteiger partial charge in [-0.1, -0.05) is 36.4 Å². The molecule has 0 aromatic heterocycles. The van der Waals surface area contributed by atoms with Gasteiger partial charge in [0.15, 0.2) is 6.10 Å². The maximum Gasteiger partial charge on any atom is 0.318 e. The molecule has 4 rings (SSSR count). The number of hydrogen-bond acceptors (Lipinski definition) is 5. The second kappa shape index (κ2) is 8.10. The summed E-state index contributed by atoms with van der Waals surface area (Å²) in [6, 6.07) is 23.0. The minimum atomic E-state index is -1.00. The number of fused-ring (bicyclic) bond motifs is 2. The third-order valence-corrected chi connectivity index (χ3v) is 4.86. The number of hydrogen-bond donors (Lipinski definition) is 1. The van der Waals surface area contributed by atoms with Crippen LogP contribution in [-0.4, -0.2) is 18.0 Å². The fourth-order valence-corrected chi connectivity index (χ4v) is 3.33. The number of amides is 1. The molecule has 0 spiro atoms. The van der Waals surface area contributed by atoms with E-state index < -0.39 is 23.9 Å². The molecular formula is C24H18N2O4. The van der Waals surface area contributed by atoms with E-state index in [0.29, 0.717) is 33.9 Å². The second-order valence-corrected chi connectivity index (χ2v) is 6.87. The molecule has 1 aliphatic heterocycles. The third kappa shape index (κ3) is 3.74. The van der Waals surface area contributed by atoms with Crippen molar-refractivity contribution in [2.24, 2.45) is 0 Å². The molecule has 1 atom stereocenters. The van der Waals surface area contributed by atoms with E-state index in [0.717, 1.165) is 0 Å². The van der Waals surface area contributed by atoms with Crippen LogP contribution in [0.5, 0.6) is 11.5 Å². The van der Waals surface area contributed by atoms with Crippen LogP contribution in [0.2, 0.25) is 0 Å². The quantitative estimate of drug-likeness (QED) is 0.660. The largest absolute Gasteiger partial charge is 0.457 e. The zero-order valence-electron chi connectivity index (χ0n) is 16.2. The predicted octanol–water partition coefficient (Wildman–Crippen LogP) is 4.37. The Morgan fingerprint density at radius 3 is 2.10 bits per heavy atom. The molecule has 3 aromatic rings. The minimum Gasteiger partial charge on any atom is -0.457 e. The van der Waals surface area contributed by atoms with Gasteiger partial charge < -0.3 is 14.8 Å². The van der Waals surface area contributed by atoms with Gasteiger partial charge in [0.05, 0.1) is 11.6 Å². The first-order chi connectivity index (χ1) is 14.6.